The molecule has 2 aliphatic heterocycles. The maximum atomic E-state index is 15.7. The van der Waals surface area contributed by atoms with Crippen molar-refractivity contribution in [2.75, 3.05) is 47.5 Å². The first-order valence-electron chi connectivity index (χ1n) is 28.8. The highest BCUT2D eigenvalue weighted by molar-refractivity contribution is 5.99. The van der Waals surface area contributed by atoms with Crippen molar-refractivity contribution in [1.82, 2.24) is 9.80 Å². The first kappa shape index (κ1) is 57.3. The Kier molecular flexibility index (Phi) is 17.0. The van der Waals surface area contributed by atoms with Gasteiger partial charge in [-0.2, -0.15) is 0 Å². The van der Waals surface area contributed by atoms with Crippen LogP contribution in [0, 0.1) is 37.3 Å². The van der Waals surface area contributed by atoms with E-state index >= 15 is 13.6 Å². The van der Waals surface area contributed by atoms with Crippen LogP contribution in [0.25, 0.3) is 0 Å². The summed E-state index contributed by atoms with van der Waals surface area (Å²) in [6, 6.07) is 38.4. The molecule has 9 rings (SSSR count). The fourth-order valence-corrected chi connectivity index (χ4v) is 12.5. The molecule has 2 heterocycles. The van der Waals surface area contributed by atoms with E-state index < -0.39 is 47.4 Å². The Balaban J connectivity index is 1.02. The number of rotatable bonds is 13. The van der Waals surface area contributed by atoms with E-state index in [1.807, 2.05) is 61.6 Å². The second-order valence-electron chi connectivity index (χ2n) is 24.7. The molecule has 2 saturated heterocycles. The van der Waals surface area contributed by atoms with E-state index in [0.29, 0.717) is 61.3 Å². The summed E-state index contributed by atoms with van der Waals surface area (Å²) in [5.74, 6) is -3.63. The Morgan fingerprint density at radius 1 is 0.550 bits per heavy atom. The summed E-state index contributed by atoms with van der Waals surface area (Å²) in [6.45, 7) is 20.0. The number of hydrogen-bond acceptors (Lipinski definition) is 6. The minimum Gasteiger partial charge on any atom is -0.382 e. The van der Waals surface area contributed by atoms with E-state index in [0.717, 1.165) is 65.0 Å². The van der Waals surface area contributed by atoms with Gasteiger partial charge >= 0.3 is 0 Å². The summed E-state index contributed by atoms with van der Waals surface area (Å²) in [4.78, 5) is 64.5. The zero-order valence-electron chi connectivity index (χ0n) is 48.4. The van der Waals surface area contributed by atoms with Gasteiger partial charge in [0.25, 0.3) is 11.8 Å². The lowest BCUT2D eigenvalue weighted by Gasteiger charge is -2.41. The largest absolute Gasteiger partial charge is 0.382 e. The van der Waals surface area contributed by atoms with E-state index in [1.165, 1.54) is 12.1 Å². The molecule has 12 heteroatoms. The van der Waals surface area contributed by atoms with Crippen molar-refractivity contribution in [1.29, 1.82) is 0 Å². The first-order valence-corrected chi connectivity index (χ1v) is 28.8. The van der Waals surface area contributed by atoms with Gasteiger partial charge in [0.1, 0.15) is 11.6 Å². The maximum Gasteiger partial charge on any atom is 0.257 e. The van der Waals surface area contributed by atoms with Crippen LogP contribution in [0.1, 0.15) is 171 Å². The van der Waals surface area contributed by atoms with E-state index in [9.17, 15) is 14.4 Å². The third kappa shape index (κ3) is 12.3. The molecule has 420 valence electrons. The number of nitrogens with one attached hydrogen (secondary N) is 3. The van der Waals surface area contributed by atoms with E-state index in [-0.39, 0.29) is 45.7 Å². The summed E-state index contributed by atoms with van der Waals surface area (Å²) < 4.78 is 31.2. The van der Waals surface area contributed by atoms with Gasteiger partial charge in [-0.05, 0) is 170 Å². The van der Waals surface area contributed by atoms with Crippen LogP contribution in [0.2, 0.25) is 0 Å². The maximum absolute atomic E-state index is 15.7. The molecule has 0 spiro atoms. The van der Waals surface area contributed by atoms with Gasteiger partial charge < -0.3 is 30.7 Å². The predicted molar refractivity (Wildman–Crippen MR) is 319 cm³/mol. The molecular weight excluding hydrogens is 1000 g/mol. The zero-order valence-corrected chi connectivity index (χ0v) is 48.4. The fraction of sp³-hybridized carbons (Fsp3) is 0.412. The molecule has 6 aromatic rings. The molecule has 1 saturated carbocycles. The second kappa shape index (κ2) is 23.8. The van der Waals surface area contributed by atoms with Crippen molar-refractivity contribution in [3.63, 3.8) is 0 Å². The normalized spacial score (nSPS) is 20.5. The molecule has 4 amide bonds. The van der Waals surface area contributed by atoms with Gasteiger partial charge in [0, 0.05) is 61.4 Å². The van der Waals surface area contributed by atoms with Crippen LogP contribution in [0.15, 0.2) is 127 Å². The minimum atomic E-state index is -0.684. The van der Waals surface area contributed by atoms with Gasteiger partial charge in [-0.3, -0.25) is 19.2 Å². The molecule has 0 aromatic heterocycles. The van der Waals surface area contributed by atoms with Gasteiger partial charge in [0.15, 0.2) is 0 Å². The highest BCUT2D eigenvalue weighted by Gasteiger charge is 2.43. The Morgan fingerprint density at radius 3 is 1.61 bits per heavy atom. The predicted octanol–water partition coefficient (Wildman–Crippen LogP) is 14.8. The van der Waals surface area contributed by atoms with Crippen molar-refractivity contribution in [3.05, 3.63) is 189 Å². The number of piperidine rings is 2. The molecule has 3 aliphatic rings. The Morgan fingerprint density at radius 2 is 1.05 bits per heavy atom. The van der Waals surface area contributed by atoms with Crippen molar-refractivity contribution in [2.24, 2.45) is 11.8 Å². The Labute approximate surface area is 472 Å². The van der Waals surface area contributed by atoms with Crippen molar-refractivity contribution in [2.45, 2.75) is 142 Å². The van der Waals surface area contributed by atoms with Crippen LogP contribution in [0.4, 0.5) is 31.5 Å². The van der Waals surface area contributed by atoms with Gasteiger partial charge in [0.05, 0.1) is 35.0 Å². The number of carbonyl (C=O) groups excluding carboxylic acids is 4. The average Bonchev–Trinajstić information content (AvgIpc) is 3.98. The summed E-state index contributed by atoms with van der Waals surface area (Å²) in [6.07, 6.45) is 4.99. The number of likely N-dealkylation sites (tertiary alicyclic amines) is 2. The number of hydrogen-bond donors (Lipinski definition) is 3. The van der Waals surface area contributed by atoms with Gasteiger partial charge in [-0.15, -0.1) is 0 Å². The molecule has 6 atom stereocenters. The van der Waals surface area contributed by atoms with Gasteiger partial charge in [0.2, 0.25) is 11.8 Å². The van der Waals surface area contributed by atoms with Crippen LogP contribution in [0.5, 0.6) is 0 Å². The molecule has 3 N–H and O–H groups in total. The van der Waals surface area contributed by atoms with Gasteiger partial charge in [-0.1, -0.05) is 115 Å². The highest BCUT2D eigenvalue weighted by atomic mass is 19.1. The van der Waals surface area contributed by atoms with Crippen molar-refractivity contribution >= 4 is 46.4 Å². The van der Waals surface area contributed by atoms with E-state index in [1.54, 1.807) is 47.9 Å². The minimum absolute atomic E-state index is 0.000950. The Bertz CT molecular complexity index is 3230. The van der Waals surface area contributed by atoms with Gasteiger partial charge in [-0.25, -0.2) is 8.78 Å². The number of carbonyl (C=O) groups is 4. The van der Waals surface area contributed by atoms with Crippen LogP contribution in [-0.2, 0) is 20.4 Å². The topological polar surface area (TPSA) is 114 Å². The number of anilines is 4. The highest BCUT2D eigenvalue weighted by Crippen LogP contribution is 2.44. The summed E-state index contributed by atoms with van der Waals surface area (Å²) in [7, 11) is 2.01. The number of aryl methyl sites for hydroxylation is 2. The van der Waals surface area contributed by atoms with Crippen LogP contribution in [-0.4, -0.2) is 66.2 Å². The molecule has 80 heavy (non-hydrogen) atoms. The van der Waals surface area contributed by atoms with E-state index in [4.69, 9.17) is 0 Å². The molecule has 1 aliphatic carbocycles. The van der Waals surface area contributed by atoms with E-state index in [2.05, 4.69) is 106 Å². The quantitative estimate of drug-likeness (QED) is 0.106. The number of amides is 4. The van der Waals surface area contributed by atoms with Crippen LogP contribution in [0.3, 0.4) is 0 Å². The second-order valence-corrected chi connectivity index (χ2v) is 24.7. The SMILES string of the molecule is CCN(C)c1cccc([C@H]2[C@@H](C(=O)Nc3cc(C4CCCC4Nc4cccc([C@H]5[C@@H](C(=O)Nc6cccc(C(C)(C)C)c6)CCCN5C(=O)c5c(C)cccc5F)c4)cc(C(C)(C)C)c3)CCCN2C(=O)c2c(C)cccc2F)c1. The third-order valence-electron chi connectivity index (χ3n) is 17.1. The lowest BCUT2D eigenvalue weighted by Crippen LogP contribution is -2.47. The van der Waals surface area contributed by atoms with Crippen LogP contribution < -0.4 is 20.9 Å². The lowest BCUT2D eigenvalue weighted by molar-refractivity contribution is -0.124. The molecule has 10 nitrogen and oxygen atoms in total. The lowest BCUT2D eigenvalue weighted by atomic mass is 9.82. The number of halogens is 2. The summed E-state index contributed by atoms with van der Waals surface area (Å²) >= 11 is 0. The molecule has 0 radical (unpaired) electrons. The average molecular weight is 1080 g/mol. The zero-order chi connectivity index (χ0) is 57.2. The van der Waals surface area contributed by atoms with Crippen molar-refractivity contribution in [3.8, 4) is 0 Å². The fourth-order valence-electron chi connectivity index (χ4n) is 12.5. The number of benzene rings is 6. The molecule has 6 aromatic carbocycles. The standard InChI is InChI=1S/C68H80F2N6O4/c1-11-74(10)52-27-15-23-45(39-52)62-55(30-19-35-76(62)66(80)60-43(3)21-13-32-57(60)70)64(78)73-51-38-46(36-48(41-51)68(7,8)9)53-28-17-33-58(53)71-49-25-14-22-44(37-49)61-54(63(77)72-50-26-16-24-47(40-50)67(4,5)6)29-18-34-75(61)65(79)59-42(2)20-12-31-56(59)69/h12-16,20-27,31-32,36-41,53-55,58,61-62,71H,11,17-19,28-30,33-35H2,1-10H3,(H,72,77)(H,73,78)/t53?,54-,55-,58?,61-,62-/m0/s1. The Hall–Kier alpha value is -7.34. The number of nitrogens with zero attached hydrogens (tertiary/aromatic N) is 3. The molecule has 0 bridgehead atoms. The third-order valence-corrected chi connectivity index (χ3v) is 17.1. The molecule has 3 fully saturated rings. The summed E-state index contributed by atoms with van der Waals surface area (Å²) in [5.41, 5.74) is 8.75. The van der Waals surface area contributed by atoms with Crippen molar-refractivity contribution < 1.29 is 28.0 Å². The monoisotopic (exact) mass is 1080 g/mol. The first-order chi connectivity index (χ1) is 38.1. The molecular formula is C68H80F2N6O4. The smallest absolute Gasteiger partial charge is 0.257 e. The summed E-state index contributed by atoms with van der Waals surface area (Å²) in [5, 5.41) is 10.5. The van der Waals surface area contributed by atoms with Crippen LogP contribution >= 0.6 is 0 Å². The molecule has 2 unspecified atom stereocenters.